The number of hydrogen-bond acceptors (Lipinski definition) is 3. The van der Waals surface area contributed by atoms with Gasteiger partial charge < -0.3 is 9.16 Å². The second-order valence-electron chi connectivity index (χ2n) is 14.1. The van der Waals surface area contributed by atoms with Gasteiger partial charge in [0, 0.05) is 17.2 Å². The number of fused-ring (bicyclic) bond motifs is 7. The van der Waals surface area contributed by atoms with Crippen molar-refractivity contribution in [1.29, 1.82) is 0 Å². The third-order valence-corrected chi connectivity index (χ3v) is 16.5. The summed E-state index contributed by atoms with van der Waals surface area (Å²) in [7, 11) is -1.89. The molecule has 3 nitrogen and oxygen atoms in total. The predicted molar refractivity (Wildman–Crippen MR) is 137 cm³/mol. The van der Waals surface area contributed by atoms with Gasteiger partial charge in [-0.15, -0.1) is 11.6 Å². The van der Waals surface area contributed by atoms with Crippen molar-refractivity contribution in [3.63, 3.8) is 0 Å². The summed E-state index contributed by atoms with van der Waals surface area (Å²) in [5, 5.41) is 0.174. The lowest BCUT2D eigenvalue weighted by molar-refractivity contribution is -0.134. The van der Waals surface area contributed by atoms with E-state index < -0.39 is 8.32 Å². The van der Waals surface area contributed by atoms with Gasteiger partial charge in [-0.25, -0.2) is 0 Å². The summed E-state index contributed by atoms with van der Waals surface area (Å²) in [5.74, 6) is 3.36. The fourth-order valence-corrected chi connectivity index (χ4v) is 10.1. The molecular weight excluding hydrogens is 448 g/mol. The van der Waals surface area contributed by atoms with Gasteiger partial charge in [0.1, 0.15) is 6.10 Å². The van der Waals surface area contributed by atoms with Gasteiger partial charge >= 0.3 is 0 Å². The fraction of sp³-hybridized carbons (Fsp3) is 0.893. The van der Waals surface area contributed by atoms with Gasteiger partial charge in [-0.3, -0.25) is 4.79 Å². The Labute approximate surface area is 207 Å². The number of epoxide rings is 1. The molecule has 0 aromatic rings. The van der Waals surface area contributed by atoms with Crippen molar-refractivity contribution in [3.8, 4) is 0 Å². The van der Waals surface area contributed by atoms with E-state index in [9.17, 15) is 4.79 Å². The zero-order chi connectivity index (χ0) is 24.1. The SMILES string of the molecule is C[C@H](CCl)[C@H]1CC[C@H]2[C@@H]3C(=O)C=C4C[C@@H](O[Si](C)(C)C(C)(C)C)[C@@H]5O[C@@H]5[C@]4(C)[C@H]3CC[C@]12C. The van der Waals surface area contributed by atoms with Crippen LogP contribution in [0.2, 0.25) is 18.1 Å². The molecule has 0 amide bonds. The molecule has 0 spiro atoms. The minimum atomic E-state index is -1.89. The topological polar surface area (TPSA) is 38.8 Å². The van der Waals surface area contributed by atoms with Crippen LogP contribution in [0, 0.1) is 40.4 Å². The number of alkyl halides is 1. The standard InChI is InChI=1S/C28H45ClO3Si/c1-16(15-29)18-9-10-19-23-20(11-12-27(18,19)5)28(6)17(13-21(23)30)14-22(24-25(28)31-24)32-33(7,8)26(2,3)4/h13,16,18-20,22-25H,9-12,14-15H2,1-8H3/t16-,18-,19+,20+,22-,23+,24+,25+,27-,28+/m1/s1. The van der Waals surface area contributed by atoms with Crippen molar-refractivity contribution in [1.82, 2.24) is 0 Å². The number of ether oxygens (including phenoxy) is 1. The van der Waals surface area contributed by atoms with Gasteiger partial charge in [0.2, 0.25) is 0 Å². The first-order valence-electron chi connectivity index (χ1n) is 13.4. The predicted octanol–water partition coefficient (Wildman–Crippen LogP) is 7.00. The number of rotatable bonds is 4. The van der Waals surface area contributed by atoms with E-state index in [1.165, 1.54) is 24.8 Å². The lowest BCUT2D eigenvalue weighted by Crippen LogP contribution is -2.57. The molecule has 3 saturated carbocycles. The van der Waals surface area contributed by atoms with Gasteiger partial charge in [0.25, 0.3) is 0 Å². The van der Waals surface area contributed by atoms with Crippen LogP contribution >= 0.6 is 11.6 Å². The highest BCUT2D eigenvalue weighted by Crippen LogP contribution is 2.69. The Kier molecular flexibility index (Phi) is 5.70. The number of carbonyl (C=O) groups excluding carboxylic acids is 1. The van der Waals surface area contributed by atoms with Crippen molar-refractivity contribution in [3.05, 3.63) is 11.6 Å². The van der Waals surface area contributed by atoms with E-state index in [0.717, 1.165) is 18.7 Å². The maximum atomic E-state index is 13.8. The van der Waals surface area contributed by atoms with Crippen LogP contribution in [-0.2, 0) is 14.0 Å². The smallest absolute Gasteiger partial charge is 0.192 e. The molecule has 1 heterocycles. The summed E-state index contributed by atoms with van der Waals surface area (Å²) < 4.78 is 13.3. The van der Waals surface area contributed by atoms with E-state index in [2.05, 4.69) is 60.7 Å². The Balaban J connectivity index is 1.43. The zero-order valence-electron chi connectivity index (χ0n) is 22.0. The first-order chi connectivity index (χ1) is 15.3. The average Bonchev–Trinajstić information content (AvgIpc) is 3.45. The minimum absolute atomic E-state index is 0.00590. The highest BCUT2D eigenvalue weighted by Gasteiger charge is 2.69. The molecule has 186 valence electrons. The van der Waals surface area contributed by atoms with E-state index >= 15 is 0 Å². The van der Waals surface area contributed by atoms with Crippen molar-refractivity contribution >= 4 is 25.7 Å². The summed E-state index contributed by atoms with van der Waals surface area (Å²) in [6.45, 7) is 18.8. The Hall–Kier alpha value is -0.163. The maximum Gasteiger partial charge on any atom is 0.192 e. The first-order valence-corrected chi connectivity index (χ1v) is 16.8. The van der Waals surface area contributed by atoms with Crippen molar-refractivity contribution in [2.75, 3.05) is 5.88 Å². The van der Waals surface area contributed by atoms with E-state index in [1.54, 1.807) is 0 Å². The summed E-state index contributed by atoms with van der Waals surface area (Å²) >= 11 is 6.31. The van der Waals surface area contributed by atoms with Crippen molar-refractivity contribution in [2.45, 2.75) is 110 Å². The van der Waals surface area contributed by atoms with E-state index in [1.807, 2.05) is 0 Å². The van der Waals surface area contributed by atoms with E-state index in [4.69, 9.17) is 20.8 Å². The summed E-state index contributed by atoms with van der Waals surface area (Å²) in [5.41, 5.74) is 1.57. The molecule has 10 atom stereocenters. The zero-order valence-corrected chi connectivity index (χ0v) is 23.8. The van der Waals surface area contributed by atoms with Gasteiger partial charge in [-0.05, 0) is 85.4 Å². The summed E-state index contributed by atoms with van der Waals surface area (Å²) in [6.07, 6.45) is 8.23. The normalized spacial score (nSPS) is 47.7. The number of hydrogen-bond donors (Lipinski definition) is 0. The molecule has 1 aliphatic heterocycles. The van der Waals surface area contributed by atoms with Crippen LogP contribution in [0.5, 0.6) is 0 Å². The number of allylic oxidation sites excluding steroid dienone is 1. The van der Waals surface area contributed by atoms with Crippen molar-refractivity contribution in [2.24, 2.45) is 40.4 Å². The molecule has 0 radical (unpaired) electrons. The second-order valence-corrected chi connectivity index (χ2v) is 19.2. The molecule has 4 fully saturated rings. The lowest BCUT2D eigenvalue weighted by atomic mass is 9.46. The van der Waals surface area contributed by atoms with Crippen LogP contribution in [0.1, 0.15) is 73.6 Å². The molecule has 0 unspecified atom stereocenters. The molecule has 0 aromatic heterocycles. The van der Waals surface area contributed by atoms with Crippen LogP contribution in [0.3, 0.4) is 0 Å². The molecule has 0 aromatic carbocycles. The molecule has 5 aliphatic rings. The Morgan fingerprint density at radius 3 is 2.55 bits per heavy atom. The van der Waals surface area contributed by atoms with Gasteiger partial charge in [0.05, 0.1) is 12.2 Å². The Morgan fingerprint density at radius 1 is 1.21 bits per heavy atom. The highest BCUT2D eigenvalue weighted by molar-refractivity contribution is 6.74. The van der Waals surface area contributed by atoms with Crippen LogP contribution < -0.4 is 0 Å². The fourth-order valence-electron chi connectivity index (χ4n) is 8.51. The molecule has 0 N–H and O–H groups in total. The largest absolute Gasteiger partial charge is 0.411 e. The van der Waals surface area contributed by atoms with Gasteiger partial charge in [-0.2, -0.15) is 0 Å². The number of halogens is 1. The van der Waals surface area contributed by atoms with E-state index in [0.29, 0.717) is 29.5 Å². The highest BCUT2D eigenvalue weighted by atomic mass is 35.5. The third-order valence-electron chi connectivity index (χ3n) is 11.5. The van der Waals surface area contributed by atoms with Crippen LogP contribution in [0.15, 0.2) is 11.6 Å². The Morgan fingerprint density at radius 2 is 1.91 bits per heavy atom. The quantitative estimate of drug-likeness (QED) is 0.241. The molecule has 1 saturated heterocycles. The average molecular weight is 493 g/mol. The van der Waals surface area contributed by atoms with Gasteiger partial charge in [-0.1, -0.05) is 47.1 Å². The second kappa shape index (κ2) is 7.67. The molecule has 33 heavy (non-hydrogen) atoms. The van der Waals surface area contributed by atoms with Crippen LogP contribution in [0.25, 0.3) is 0 Å². The molecular formula is C28H45ClO3Si. The molecule has 4 aliphatic carbocycles. The Bertz CT molecular complexity index is 862. The maximum absolute atomic E-state index is 13.8. The molecule has 5 heteroatoms. The monoisotopic (exact) mass is 492 g/mol. The number of carbonyl (C=O) groups is 1. The molecule has 0 bridgehead atoms. The van der Waals surface area contributed by atoms with Crippen LogP contribution in [0.4, 0.5) is 0 Å². The summed E-state index contributed by atoms with van der Waals surface area (Å²) in [4.78, 5) is 13.8. The molecule has 5 rings (SSSR count). The van der Waals surface area contributed by atoms with E-state index in [-0.39, 0.29) is 40.1 Å². The first kappa shape index (κ1) is 24.5. The van der Waals surface area contributed by atoms with Crippen LogP contribution in [-0.4, -0.2) is 38.3 Å². The third kappa shape index (κ3) is 3.43. The number of ketones is 1. The van der Waals surface area contributed by atoms with Gasteiger partial charge in [0.15, 0.2) is 14.1 Å². The van der Waals surface area contributed by atoms with Crippen molar-refractivity contribution < 1.29 is 14.0 Å². The lowest BCUT2D eigenvalue weighted by Gasteiger charge is -2.57. The summed E-state index contributed by atoms with van der Waals surface area (Å²) in [6, 6.07) is 0. The minimum Gasteiger partial charge on any atom is -0.411 e.